The maximum Gasteiger partial charge on any atom is 0.0678 e. The topological polar surface area (TPSA) is 28.2 Å². The van der Waals surface area contributed by atoms with Gasteiger partial charge in [-0.3, -0.25) is 4.90 Å². The molecule has 4 atom stereocenters. The van der Waals surface area contributed by atoms with Gasteiger partial charge in [0, 0.05) is 31.7 Å². The van der Waals surface area contributed by atoms with Crippen LogP contribution in [-0.2, 0) is 9.47 Å². The highest BCUT2D eigenvalue weighted by Gasteiger charge is 2.18. The van der Waals surface area contributed by atoms with E-state index in [4.69, 9.17) is 9.47 Å². The van der Waals surface area contributed by atoms with E-state index in [2.05, 4.69) is 63.5 Å². The second-order valence-corrected chi connectivity index (χ2v) is 8.21. The molecule has 0 aromatic rings. The molecule has 25 heavy (non-hydrogen) atoms. The van der Waals surface area contributed by atoms with Crippen LogP contribution in [0.15, 0.2) is 0 Å². The molecule has 0 N–H and O–H groups in total. The second kappa shape index (κ2) is 12.2. The molecule has 3 heterocycles. The van der Waals surface area contributed by atoms with Gasteiger partial charge in [0.2, 0.25) is 0 Å². The Kier molecular flexibility index (Phi) is 11.2. The van der Waals surface area contributed by atoms with Gasteiger partial charge in [0.05, 0.1) is 25.4 Å². The molecule has 0 amide bonds. The molecule has 150 valence electrons. The number of likely N-dealkylation sites (N-methyl/N-ethyl adjacent to an activating group) is 2. The van der Waals surface area contributed by atoms with Gasteiger partial charge in [-0.25, -0.2) is 0 Å². The maximum atomic E-state index is 5.51. The molecule has 0 aromatic carbocycles. The van der Waals surface area contributed by atoms with E-state index in [0.717, 1.165) is 38.9 Å². The number of nitrogens with zero attached hydrogens (tertiary/aromatic N) is 3. The summed E-state index contributed by atoms with van der Waals surface area (Å²) >= 11 is 0. The van der Waals surface area contributed by atoms with E-state index in [1.807, 2.05) is 0 Å². The summed E-state index contributed by atoms with van der Waals surface area (Å²) in [5.74, 6) is 0. The number of hydrogen-bond donors (Lipinski definition) is 0. The molecule has 0 spiro atoms. The zero-order chi connectivity index (χ0) is 18.8. The molecule has 5 heteroatoms. The smallest absolute Gasteiger partial charge is 0.0678 e. The lowest BCUT2D eigenvalue weighted by atomic mass is 10.1. The van der Waals surface area contributed by atoms with Crippen LogP contribution in [0.25, 0.3) is 0 Å². The third-order valence-electron chi connectivity index (χ3n) is 5.44. The predicted molar refractivity (Wildman–Crippen MR) is 106 cm³/mol. The van der Waals surface area contributed by atoms with E-state index in [1.54, 1.807) is 0 Å². The van der Waals surface area contributed by atoms with Crippen molar-refractivity contribution in [3.63, 3.8) is 0 Å². The van der Waals surface area contributed by atoms with Crippen LogP contribution < -0.4 is 0 Å². The molecule has 5 nitrogen and oxygen atoms in total. The van der Waals surface area contributed by atoms with E-state index < -0.39 is 0 Å². The van der Waals surface area contributed by atoms with Crippen LogP contribution in [0, 0.1) is 0 Å². The second-order valence-electron chi connectivity index (χ2n) is 8.21. The van der Waals surface area contributed by atoms with Gasteiger partial charge in [-0.2, -0.15) is 0 Å². The summed E-state index contributed by atoms with van der Waals surface area (Å²) in [7, 11) is 6.48. The lowest BCUT2D eigenvalue weighted by molar-refractivity contribution is -0.0602. The van der Waals surface area contributed by atoms with Crippen molar-refractivity contribution in [3.05, 3.63) is 0 Å². The van der Waals surface area contributed by atoms with Gasteiger partial charge in [-0.15, -0.1) is 0 Å². The van der Waals surface area contributed by atoms with E-state index in [1.165, 1.54) is 25.8 Å². The molecular formula is C20H43N3O2. The van der Waals surface area contributed by atoms with Gasteiger partial charge < -0.3 is 19.3 Å². The molecule has 3 saturated heterocycles. The van der Waals surface area contributed by atoms with Crippen molar-refractivity contribution in [1.29, 1.82) is 0 Å². The molecule has 3 aliphatic rings. The van der Waals surface area contributed by atoms with Gasteiger partial charge >= 0.3 is 0 Å². The monoisotopic (exact) mass is 357 g/mol. The van der Waals surface area contributed by atoms with Crippen molar-refractivity contribution in [2.75, 3.05) is 60.5 Å². The third kappa shape index (κ3) is 9.90. The number of rotatable bonds is 0. The quantitative estimate of drug-likeness (QED) is 0.664. The number of piperidine rings is 1. The van der Waals surface area contributed by atoms with Crippen LogP contribution in [0.2, 0.25) is 0 Å². The normalized spacial score (nSPS) is 35.2. The molecule has 3 aliphatic heterocycles. The minimum atomic E-state index is 0.416. The average Bonchev–Trinajstić information content (AvgIpc) is 2.53. The SMILES string of the molecule is C[C@@H]1CN(C)C[C@H](C)O1.C[C@H]1CCCCN1C.C[C@H]1COCCN1C. The summed E-state index contributed by atoms with van der Waals surface area (Å²) in [6.07, 6.45) is 5.07. The van der Waals surface area contributed by atoms with Crippen LogP contribution >= 0.6 is 0 Å². The summed E-state index contributed by atoms with van der Waals surface area (Å²) < 4.78 is 10.7. The van der Waals surface area contributed by atoms with E-state index in [9.17, 15) is 0 Å². The van der Waals surface area contributed by atoms with Crippen LogP contribution in [0.4, 0.5) is 0 Å². The summed E-state index contributed by atoms with van der Waals surface area (Å²) in [6, 6.07) is 1.45. The molecule has 3 fully saturated rings. The van der Waals surface area contributed by atoms with Crippen LogP contribution in [-0.4, -0.2) is 99.5 Å². The van der Waals surface area contributed by atoms with E-state index >= 15 is 0 Å². The van der Waals surface area contributed by atoms with E-state index in [-0.39, 0.29) is 0 Å². The Morgan fingerprint density at radius 1 is 0.760 bits per heavy atom. The van der Waals surface area contributed by atoms with Gasteiger partial charge in [0.1, 0.15) is 0 Å². The average molecular weight is 358 g/mol. The highest BCUT2D eigenvalue weighted by Crippen LogP contribution is 2.13. The maximum absolute atomic E-state index is 5.51. The molecule has 0 saturated carbocycles. The van der Waals surface area contributed by atoms with Crippen molar-refractivity contribution in [2.24, 2.45) is 0 Å². The zero-order valence-corrected chi connectivity index (χ0v) is 17.8. The molecule has 0 aliphatic carbocycles. The zero-order valence-electron chi connectivity index (χ0n) is 17.8. The van der Waals surface area contributed by atoms with Crippen molar-refractivity contribution in [2.45, 2.75) is 71.2 Å². The fraction of sp³-hybridized carbons (Fsp3) is 1.00. The fourth-order valence-corrected chi connectivity index (χ4v) is 3.49. The Morgan fingerprint density at radius 2 is 1.36 bits per heavy atom. The Hall–Kier alpha value is -0.200. The van der Waals surface area contributed by atoms with Gasteiger partial charge in [0.25, 0.3) is 0 Å². The fourth-order valence-electron chi connectivity index (χ4n) is 3.49. The van der Waals surface area contributed by atoms with Crippen molar-refractivity contribution in [1.82, 2.24) is 14.7 Å². The van der Waals surface area contributed by atoms with Crippen LogP contribution in [0.1, 0.15) is 47.0 Å². The first-order valence-corrected chi connectivity index (χ1v) is 10.1. The first kappa shape index (κ1) is 22.8. The summed E-state index contributed by atoms with van der Waals surface area (Å²) in [6.45, 7) is 15.1. The van der Waals surface area contributed by atoms with Crippen LogP contribution in [0.5, 0.6) is 0 Å². The summed E-state index contributed by atoms with van der Waals surface area (Å²) in [5.41, 5.74) is 0. The minimum absolute atomic E-state index is 0.416. The van der Waals surface area contributed by atoms with Crippen molar-refractivity contribution < 1.29 is 9.47 Å². The van der Waals surface area contributed by atoms with Gasteiger partial charge in [-0.1, -0.05) is 6.42 Å². The molecular weight excluding hydrogens is 314 g/mol. The third-order valence-corrected chi connectivity index (χ3v) is 5.44. The number of morpholine rings is 2. The Morgan fingerprint density at radius 3 is 1.72 bits per heavy atom. The summed E-state index contributed by atoms with van der Waals surface area (Å²) in [5, 5.41) is 0. The van der Waals surface area contributed by atoms with Gasteiger partial charge in [-0.05, 0) is 68.2 Å². The van der Waals surface area contributed by atoms with Crippen molar-refractivity contribution in [3.8, 4) is 0 Å². The van der Waals surface area contributed by atoms with Gasteiger partial charge in [0.15, 0.2) is 0 Å². The lowest BCUT2D eigenvalue weighted by Crippen LogP contribution is -2.42. The number of likely N-dealkylation sites (tertiary alicyclic amines) is 1. The lowest BCUT2D eigenvalue weighted by Gasteiger charge is -2.32. The Balaban J connectivity index is 0.000000188. The first-order chi connectivity index (χ1) is 11.8. The standard InChI is InChI=1S/C7H15NO.C7H15N.C6H13NO/c1-6-4-8(3)5-7(2)9-6;1-7-5-3-4-6-8(7)2;1-6-5-8-4-3-7(6)2/h6-7H,4-5H2,1-3H3;7H,3-6H2,1-2H3;6H,3-5H2,1-2H3/t6-,7+;7-;6-/m.00/s1. The largest absolute Gasteiger partial charge is 0.379 e. The van der Waals surface area contributed by atoms with E-state index in [0.29, 0.717) is 18.2 Å². The molecule has 3 rings (SSSR count). The molecule has 0 unspecified atom stereocenters. The molecule has 0 bridgehead atoms. The highest BCUT2D eigenvalue weighted by molar-refractivity contribution is 4.69. The minimum Gasteiger partial charge on any atom is -0.379 e. The predicted octanol–water partition coefficient (Wildman–Crippen LogP) is 2.55. The van der Waals surface area contributed by atoms with Crippen molar-refractivity contribution >= 4 is 0 Å². The summed E-state index contributed by atoms with van der Waals surface area (Å²) in [4.78, 5) is 7.05. The molecule has 0 aromatic heterocycles. The Labute approximate surface area is 156 Å². The first-order valence-electron chi connectivity index (χ1n) is 10.1. The van der Waals surface area contributed by atoms with Crippen LogP contribution in [0.3, 0.4) is 0 Å². The molecule has 0 radical (unpaired) electrons. The number of hydrogen-bond acceptors (Lipinski definition) is 5. The highest BCUT2D eigenvalue weighted by atomic mass is 16.5. The number of ether oxygens (including phenoxy) is 2. The Bertz CT molecular complexity index is 278.